The summed E-state index contributed by atoms with van der Waals surface area (Å²) < 4.78 is 0. The number of amides is 2. The van der Waals surface area contributed by atoms with Gasteiger partial charge in [-0.15, -0.1) is 0 Å². The van der Waals surface area contributed by atoms with Crippen molar-refractivity contribution < 1.29 is 9.59 Å². The second-order valence-corrected chi connectivity index (χ2v) is 6.81. The fourth-order valence-corrected chi connectivity index (χ4v) is 3.93. The number of anilines is 1. The van der Waals surface area contributed by atoms with Crippen molar-refractivity contribution in [1.82, 2.24) is 20.2 Å². The van der Waals surface area contributed by atoms with Crippen LogP contribution in [-0.4, -0.2) is 40.3 Å². The van der Waals surface area contributed by atoms with Gasteiger partial charge < -0.3 is 10.2 Å². The van der Waals surface area contributed by atoms with Gasteiger partial charge >= 0.3 is 0 Å². The monoisotopic (exact) mass is 355 g/mol. The molecule has 2 aromatic rings. The summed E-state index contributed by atoms with van der Waals surface area (Å²) in [7, 11) is 1.98. The maximum Gasteiger partial charge on any atom is 0.258 e. The lowest BCUT2D eigenvalue weighted by Crippen LogP contribution is -2.32. The molecular weight excluding hydrogens is 338 g/mol. The molecule has 0 aliphatic carbocycles. The van der Waals surface area contributed by atoms with Crippen LogP contribution in [0.5, 0.6) is 0 Å². The summed E-state index contributed by atoms with van der Waals surface area (Å²) in [6.45, 7) is 0.667. The van der Waals surface area contributed by atoms with Crippen LogP contribution in [0.4, 0.5) is 5.95 Å². The van der Waals surface area contributed by atoms with E-state index in [0.717, 1.165) is 23.4 Å². The molecule has 0 aromatic carbocycles. The predicted octanol–water partition coefficient (Wildman–Crippen LogP) is 1.94. The molecule has 0 saturated carbocycles. The molecule has 1 unspecified atom stereocenters. The molecule has 2 aliphatic rings. The summed E-state index contributed by atoms with van der Waals surface area (Å²) in [5.41, 5.74) is 3.29. The van der Waals surface area contributed by atoms with Crippen molar-refractivity contribution in [3.63, 3.8) is 0 Å². The highest BCUT2D eigenvalue weighted by molar-refractivity contribution is 7.08. The first-order valence-corrected chi connectivity index (χ1v) is 8.97. The maximum atomic E-state index is 12.2. The van der Waals surface area contributed by atoms with E-state index in [9.17, 15) is 9.59 Å². The van der Waals surface area contributed by atoms with E-state index in [1.54, 1.807) is 17.6 Å². The zero-order valence-electron chi connectivity index (χ0n) is 13.7. The predicted molar refractivity (Wildman–Crippen MR) is 94.1 cm³/mol. The van der Waals surface area contributed by atoms with E-state index in [2.05, 4.69) is 25.5 Å². The van der Waals surface area contributed by atoms with Crippen LogP contribution in [0.15, 0.2) is 40.4 Å². The lowest BCUT2D eigenvalue weighted by Gasteiger charge is -2.25. The molecule has 128 valence electrons. The van der Waals surface area contributed by atoms with Gasteiger partial charge in [0.2, 0.25) is 11.9 Å². The Morgan fingerprint density at radius 2 is 2.32 bits per heavy atom. The smallest absolute Gasteiger partial charge is 0.258 e. The lowest BCUT2D eigenvalue weighted by atomic mass is 10.0. The van der Waals surface area contributed by atoms with Crippen LogP contribution in [0.3, 0.4) is 0 Å². The van der Waals surface area contributed by atoms with Crippen molar-refractivity contribution >= 4 is 29.1 Å². The van der Waals surface area contributed by atoms with Crippen molar-refractivity contribution in [3.05, 3.63) is 51.6 Å². The molecular formula is C17H17N5O2S. The van der Waals surface area contributed by atoms with Gasteiger partial charge in [-0.05, 0) is 17.5 Å². The van der Waals surface area contributed by atoms with Gasteiger partial charge in [0.1, 0.15) is 0 Å². The molecule has 7 nitrogen and oxygen atoms in total. The molecule has 2 aliphatic heterocycles. The molecule has 0 spiro atoms. The Balaban J connectivity index is 1.54. The number of carbonyl (C=O) groups is 2. The lowest BCUT2D eigenvalue weighted by molar-refractivity contribution is -0.117. The molecule has 0 radical (unpaired) electrons. The second kappa shape index (κ2) is 6.29. The summed E-state index contributed by atoms with van der Waals surface area (Å²) in [6, 6.07) is 3.57. The van der Waals surface area contributed by atoms with Gasteiger partial charge in [-0.25, -0.2) is 9.97 Å². The molecule has 0 bridgehead atoms. The Hall–Kier alpha value is -2.74. The van der Waals surface area contributed by atoms with E-state index in [1.165, 1.54) is 11.3 Å². The molecule has 0 saturated heterocycles. The van der Waals surface area contributed by atoms with Crippen molar-refractivity contribution in [3.8, 4) is 0 Å². The average molecular weight is 355 g/mol. The zero-order valence-corrected chi connectivity index (χ0v) is 14.5. The molecule has 2 amide bonds. The number of hydrogen-bond donors (Lipinski definition) is 2. The first-order chi connectivity index (χ1) is 12.1. The van der Waals surface area contributed by atoms with Gasteiger partial charge in [0.25, 0.3) is 5.91 Å². The number of nitrogens with zero attached hydrogens (tertiary/aromatic N) is 3. The Morgan fingerprint density at radius 3 is 3.08 bits per heavy atom. The number of nitrogens with one attached hydrogen (secondary N) is 2. The van der Waals surface area contributed by atoms with Crippen LogP contribution in [0.2, 0.25) is 0 Å². The van der Waals surface area contributed by atoms with Gasteiger partial charge in [0, 0.05) is 49.3 Å². The molecule has 0 fully saturated rings. The van der Waals surface area contributed by atoms with Gasteiger partial charge in [0.15, 0.2) is 0 Å². The second-order valence-electron chi connectivity index (χ2n) is 6.03. The SMILES string of the molecule is CN1C2=C(CC1c1ccnc(NC(=O)c3ccsc3)n1)C(=O)NCC2. The van der Waals surface area contributed by atoms with Crippen LogP contribution >= 0.6 is 11.3 Å². The highest BCUT2D eigenvalue weighted by Gasteiger charge is 2.36. The third kappa shape index (κ3) is 2.89. The maximum absolute atomic E-state index is 12.2. The third-order valence-electron chi connectivity index (χ3n) is 4.59. The van der Waals surface area contributed by atoms with Crippen molar-refractivity contribution in [2.24, 2.45) is 0 Å². The van der Waals surface area contributed by atoms with E-state index in [1.807, 2.05) is 18.5 Å². The minimum atomic E-state index is -0.227. The third-order valence-corrected chi connectivity index (χ3v) is 5.27. The summed E-state index contributed by atoms with van der Waals surface area (Å²) in [4.78, 5) is 35.0. The highest BCUT2D eigenvalue weighted by Crippen LogP contribution is 2.39. The zero-order chi connectivity index (χ0) is 17.4. The molecule has 2 N–H and O–H groups in total. The quantitative estimate of drug-likeness (QED) is 0.879. The highest BCUT2D eigenvalue weighted by atomic mass is 32.1. The minimum Gasteiger partial charge on any atom is -0.368 e. The van der Waals surface area contributed by atoms with Crippen LogP contribution < -0.4 is 10.6 Å². The van der Waals surface area contributed by atoms with Crippen LogP contribution in [-0.2, 0) is 4.79 Å². The molecule has 8 heteroatoms. The Labute approximate surface area is 148 Å². The van der Waals surface area contributed by atoms with Crippen molar-refractivity contribution in [2.75, 3.05) is 18.9 Å². The summed E-state index contributed by atoms with van der Waals surface area (Å²) >= 11 is 1.46. The topological polar surface area (TPSA) is 87.2 Å². The van der Waals surface area contributed by atoms with E-state index in [4.69, 9.17) is 0 Å². The van der Waals surface area contributed by atoms with Crippen LogP contribution in [0.25, 0.3) is 0 Å². The van der Waals surface area contributed by atoms with E-state index < -0.39 is 0 Å². The molecule has 25 heavy (non-hydrogen) atoms. The fourth-order valence-electron chi connectivity index (χ4n) is 3.29. The number of rotatable bonds is 3. The largest absolute Gasteiger partial charge is 0.368 e. The Kier molecular flexibility index (Phi) is 3.96. The number of aromatic nitrogens is 2. The fraction of sp³-hybridized carbons (Fsp3) is 0.294. The first kappa shape index (κ1) is 15.8. The molecule has 2 aromatic heterocycles. The normalized spacial score (nSPS) is 19.6. The molecule has 1 atom stereocenters. The summed E-state index contributed by atoms with van der Waals surface area (Å²) in [5.74, 6) is 0.0574. The van der Waals surface area contributed by atoms with E-state index >= 15 is 0 Å². The standard InChI is InChI=1S/C17H17N5O2S/c1-22-13-3-6-18-16(24)11(13)8-14(22)12-2-5-19-17(20-12)21-15(23)10-4-7-25-9-10/h2,4-5,7,9,14H,3,6,8H2,1H3,(H,18,24)(H,19,20,21,23). The minimum absolute atomic E-state index is 0.00985. The average Bonchev–Trinajstić information content (AvgIpc) is 3.25. The van der Waals surface area contributed by atoms with Gasteiger partial charge in [-0.3, -0.25) is 14.9 Å². The number of carbonyl (C=O) groups excluding carboxylic acids is 2. The first-order valence-electron chi connectivity index (χ1n) is 8.03. The van der Waals surface area contributed by atoms with Gasteiger partial charge in [0.05, 0.1) is 17.3 Å². The number of hydrogen-bond acceptors (Lipinski definition) is 6. The van der Waals surface area contributed by atoms with Crippen LogP contribution in [0.1, 0.15) is 34.9 Å². The summed E-state index contributed by atoms with van der Waals surface area (Å²) in [5, 5.41) is 9.24. The van der Waals surface area contributed by atoms with Crippen molar-refractivity contribution in [2.45, 2.75) is 18.9 Å². The number of thiophene rings is 1. The van der Waals surface area contributed by atoms with Crippen LogP contribution in [0, 0.1) is 0 Å². The Morgan fingerprint density at radius 1 is 1.44 bits per heavy atom. The summed E-state index contributed by atoms with van der Waals surface area (Å²) in [6.07, 6.45) is 3.09. The molecule has 4 rings (SSSR count). The van der Waals surface area contributed by atoms with E-state index in [0.29, 0.717) is 18.5 Å². The van der Waals surface area contributed by atoms with Gasteiger partial charge in [-0.1, -0.05) is 0 Å². The van der Waals surface area contributed by atoms with Gasteiger partial charge in [-0.2, -0.15) is 11.3 Å². The molecule has 4 heterocycles. The Bertz CT molecular complexity index is 862. The van der Waals surface area contributed by atoms with E-state index in [-0.39, 0.29) is 23.8 Å². The van der Waals surface area contributed by atoms with Crippen molar-refractivity contribution in [1.29, 1.82) is 0 Å².